The molecule has 0 saturated carbocycles. The first-order chi connectivity index (χ1) is 6.70. The quantitative estimate of drug-likeness (QED) is 0.661. The zero-order chi connectivity index (χ0) is 10.4. The van der Waals surface area contributed by atoms with Crippen LogP contribution in [0.25, 0.3) is 0 Å². The normalized spacial score (nSPS) is 29.0. The number of hydrogen-bond donors (Lipinski definition) is 1. The summed E-state index contributed by atoms with van der Waals surface area (Å²) >= 11 is 0. The molecular weight excluding hydrogens is 174 g/mol. The van der Waals surface area contributed by atoms with E-state index in [1.165, 1.54) is 12.8 Å². The van der Waals surface area contributed by atoms with Gasteiger partial charge in [0.2, 0.25) is 0 Å². The summed E-state index contributed by atoms with van der Waals surface area (Å²) in [6.45, 7) is 10.0. The lowest BCUT2D eigenvalue weighted by atomic mass is 9.98. The molecule has 0 bridgehead atoms. The Kier molecular flexibility index (Phi) is 4.63. The van der Waals surface area contributed by atoms with Gasteiger partial charge in [-0.3, -0.25) is 0 Å². The second kappa shape index (κ2) is 5.52. The average Bonchev–Trinajstić information content (AvgIpc) is 2.60. The summed E-state index contributed by atoms with van der Waals surface area (Å²) in [7, 11) is 0. The standard InChI is InChI=1S/C12H23NO/c1-4-6-7-11(5-2)13-12(3)8-9-14-10-12/h4,11,13H,1,5-10H2,2-3H3. The summed E-state index contributed by atoms with van der Waals surface area (Å²) < 4.78 is 5.43. The van der Waals surface area contributed by atoms with E-state index in [4.69, 9.17) is 4.74 Å². The lowest BCUT2D eigenvalue weighted by Gasteiger charge is -2.29. The Labute approximate surface area is 87.7 Å². The highest BCUT2D eigenvalue weighted by Gasteiger charge is 2.30. The summed E-state index contributed by atoms with van der Waals surface area (Å²) in [6, 6.07) is 0.611. The van der Waals surface area contributed by atoms with E-state index in [1.54, 1.807) is 0 Å². The van der Waals surface area contributed by atoms with Crippen LogP contribution in [0.5, 0.6) is 0 Å². The third kappa shape index (κ3) is 3.43. The van der Waals surface area contributed by atoms with E-state index in [2.05, 4.69) is 25.7 Å². The Morgan fingerprint density at radius 1 is 1.64 bits per heavy atom. The molecular formula is C12H23NO. The molecule has 82 valence electrons. The highest BCUT2D eigenvalue weighted by molar-refractivity contribution is 4.90. The second-order valence-corrected chi connectivity index (χ2v) is 4.48. The molecule has 1 aliphatic heterocycles. The van der Waals surface area contributed by atoms with Crippen molar-refractivity contribution in [2.45, 2.75) is 51.1 Å². The van der Waals surface area contributed by atoms with Crippen molar-refractivity contribution in [3.8, 4) is 0 Å². The van der Waals surface area contributed by atoms with Crippen LogP contribution in [0.1, 0.15) is 39.5 Å². The molecule has 2 atom stereocenters. The fourth-order valence-electron chi connectivity index (χ4n) is 1.97. The maximum absolute atomic E-state index is 5.43. The predicted molar refractivity (Wildman–Crippen MR) is 60.5 cm³/mol. The SMILES string of the molecule is C=CCCC(CC)NC1(C)CCOC1. The Morgan fingerprint density at radius 3 is 2.93 bits per heavy atom. The zero-order valence-corrected chi connectivity index (χ0v) is 9.51. The Balaban J connectivity index is 2.34. The van der Waals surface area contributed by atoms with Crippen LogP contribution in [0.4, 0.5) is 0 Å². The van der Waals surface area contributed by atoms with E-state index in [0.717, 1.165) is 26.1 Å². The number of hydrogen-bond acceptors (Lipinski definition) is 2. The van der Waals surface area contributed by atoms with E-state index >= 15 is 0 Å². The van der Waals surface area contributed by atoms with E-state index < -0.39 is 0 Å². The molecule has 2 nitrogen and oxygen atoms in total. The summed E-state index contributed by atoms with van der Waals surface area (Å²) in [5, 5.41) is 3.70. The van der Waals surface area contributed by atoms with Gasteiger partial charge in [0.15, 0.2) is 0 Å². The van der Waals surface area contributed by atoms with Gasteiger partial charge in [0, 0.05) is 18.2 Å². The van der Waals surface area contributed by atoms with Crippen LogP contribution in [-0.4, -0.2) is 24.8 Å². The molecule has 0 aromatic carbocycles. The van der Waals surface area contributed by atoms with E-state index in [-0.39, 0.29) is 5.54 Å². The fraction of sp³-hybridized carbons (Fsp3) is 0.833. The van der Waals surface area contributed by atoms with Gasteiger partial charge in [0.1, 0.15) is 0 Å². The third-order valence-corrected chi connectivity index (χ3v) is 2.98. The van der Waals surface area contributed by atoms with Crippen LogP contribution in [0, 0.1) is 0 Å². The van der Waals surface area contributed by atoms with Crippen molar-refractivity contribution in [1.29, 1.82) is 0 Å². The molecule has 1 fully saturated rings. The van der Waals surface area contributed by atoms with Crippen molar-refractivity contribution in [2.24, 2.45) is 0 Å². The molecule has 1 N–H and O–H groups in total. The van der Waals surface area contributed by atoms with Crippen molar-refractivity contribution in [1.82, 2.24) is 5.32 Å². The van der Waals surface area contributed by atoms with Crippen molar-refractivity contribution >= 4 is 0 Å². The summed E-state index contributed by atoms with van der Waals surface area (Å²) in [6.07, 6.45) is 6.61. The van der Waals surface area contributed by atoms with Gasteiger partial charge in [-0.15, -0.1) is 6.58 Å². The van der Waals surface area contributed by atoms with Crippen LogP contribution in [0.2, 0.25) is 0 Å². The van der Waals surface area contributed by atoms with Gasteiger partial charge in [-0.2, -0.15) is 0 Å². The molecule has 1 rings (SSSR count). The van der Waals surface area contributed by atoms with Crippen molar-refractivity contribution in [2.75, 3.05) is 13.2 Å². The van der Waals surface area contributed by atoms with Crippen LogP contribution in [0.3, 0.4) is 0 Å². The molecule has 0 aliphatic carbocycles. The summed E-state index contributed by atoms with van der Waals surface area (Å²) in [4.78, 5) is 0. The molecule has 0 radical (unpaired) electrons. The highest BCUT2D eigenvalue weighted by atomic mass is 16.5. The molecule has 2 heteroatoms. The van der Waals surface area contributed by atoms with Gasteiger partial charge >= 0.3 is 0 Å². The highest BCUT2D eigenvalue weighted by Crippen LogP contribution is 2.20. The summed E-state index contributed by atoms with van der Waals surface area (Å²) in [5.41, 5.74) is 0.210. The minimum absolute atomic E-state index is 0.210. The van der Waals surface area contributed by atoms with Crippen LogP contribution in [-0.2, 0) is 4.74 Å². The van der Waals surface area contributed by atoms with Gasteiger partial charge in [-0.05, 0) is 32.6 Å². The van der Waals surface area contributed by atoms with E-state index in [9.17, 15) is 0 Å². The molecule has 0 spiro atoms. The Morgan fingerprint density at radius 2 is 2.43 bits per heavy atom. The van der Waals surface area contributed by atoms with Crippen LogP contribution >= 0.6 is 0 Å². The Hall–Kier alpha value is -0.340. The summed E-state index contributed by atoms with van der Waals surface area (Å²) in [5.74, 6) is 0. The number of allylic oxidation sites excluding steroid dienone is 1. The number of nitrogens with one attached hydrogen (secondary N) is 1. The predicted octanol–water partition coefficient (Wildman–Crippen LogP) is 2.50. The average molecular weight is 197 g/mol. The maximum atomic E-state index is 5.43. The van der Waals surface area contributed by atoms with Gasteiger partial charge in [-0.1, -0.05) is 13.0 Å². The first-order valence-electron chi connectivity index (χ1n) is 5.66. The van der Waals surface area contributed by atoms with Crippen LogP contribution in [0.15, 0.2) is 12.7 Å². The fourth-order valence-corrected chi connectivity index (χ4v) is 1.97. The van der Waals surface area contributed by atoms with Gasteiger partial charge < -0.3 is 10.1 Å². The van der Waals surface area contributed by atoms with Gasteiger partial charge in [0.25, 0.3) is 0 Å². The largest absolute Gasteiger partial charge is 0.379 e. The number of rotatable bonds is 6. The molecule has 1 heterocycles. The molecule has 2 unspecified atom stereocenters. The van der Waals surface area contributed by atoms with Gasteiger partial charge in [0.05, 0.1) is 6.61 Å². The number of ether oxygens (including phenoxy) is 1. The smallest absolute Gasteiger partial charge is 0.0646 e. The molecule has 1 aliphatic rings. The lowest BCUT2D eigenvalue weighted by molar-refractivity contribution is 0.165. The topological polar surface area (TPSA) is 21.3 Å². The minimum Gasteiger partial charge on any atom is -0.379 e. The molecule has 0 amide bonds. The Bertz CT molecular complexity index is 173. The van der Waals surface area contributed by atoms with Crippen molar-refractivity contribution < 1.29 is 4.74 Å². The lowest BCUT2D eigenvalue weighted by Crippen LogP contribution is -2.48. The first kappa shape index (κ1) is 11.7. The zero-order valence-electron chi connectivity index (χ0n) is 9.51. The van der Waals surface area contributed by atoms with E-state index in [0.29, 0.717) is 6.04 Å². The third-order valence-electron chi connectivity index (χ3n) is 2.98. The molecule has 14 heavy (non-hydrogen) atoms. The molecule has 1 saturated heterocycles. The second-order valence-electron chi connectivity index (χ2n) is 4.48. The monoisotopic (exact) mass is 197 g/mol. The molecule has 0 aromatic rings. The van der Waals surface area contributed by atoms with Crippen LogP contribution < -0.4 is 5.32 Å². The maximum Gasteiger partial charge on any atom is 0.0646 e. The van der Waals surface area contributed by atoms with E-state index in [1.807, 2.05) is 6.08 Å². The van der Waals surface area contributed by atoms with Crippen molar-refractivity contribution in [3.05, 3.63) is 12.7 Å². The van der Waals surface area contributed by atoms with Crippen molar-refractivity contribution in [3.63, 3.8) is 0 Å². The molecule has 0 aromatic heterocycles. The minimum atomic E-state index is 0.210. The first-order valence-corrected chi connectivity index (χ1v) is 5.66. The van der Waals surface area contributed by atoms with Gasteiger partial charge in [-0.25, -0.2) is 0 Å².